The predicted octanol–water partition coefficient (Wildman–Crippen LogP) is 3.07. The van der Waals surface area contributed by atoms with Gasteiger partial charge in [0.2, 0.25) is 0 Å². The van der Waals surface area contributed by atoms with Gasteiger partial charge in [0.25, 0.3) is 6.43 Å². The highest BCUT2D eigenvalue weighted by Crippen LogP contribution is 2.31. The van der Waals surface area contributed by atoms with Crippen LogP contribution in [-0.2, 0) is 0 Å². The van der Waals surface area contributed by atoms with E-state index in [4.69, 9.17) is 4.74 Å². The van der Waals surface area contributed by atoms with Gasteiger partial charge >= 0.3 is 0 Å². The number of halogens is 3. The quantitative estimate of drug-likeness (QED) is 0.808. The fourth-order valence-corrected chi connectivity index (χ4v) is 1.97. The van der Waals surface area contributed by atoms with Crippen LogP contribution in [0.25, 0.3) is 0 Å². The number of benzene rings is 1. The summed E-state index contributed by atoms with van der Waals surface area (Å²) in [6, 6.07) is 3.97. The molecule has 1 heterocycles. The second-order valence-electron chi connectivity index (χ2n) is 4.01. The summed E-state index contributed by atoms with van der Waals surface area (Å²) >= 11 is 0. The first-order chi connectivity index (χ1) is 8.16. The Hall–Kier alpha value is -1.39. The minimum absolute atomic E-state index is 0.327. The van der Waals surface area contributed by atoms with E-state index in [1.54, 1.807) is 0 Å². The molecule has 17 heavy (non-hydrogen) atoms. The third kappa shape index (κ3) is 3.05. The Balaban J connectivity index is 2.17. The Morgan fingerprint density at radius 2 is 1.94 bits per heavy atom. The number of hydrogen-bond acceptors (Lipinski definition) is 2. The Morgan fingerprint density at radius 1 is 1.24 bits per heavy atom. The molecule has 0 aromatic heterocycles. The van der Waals surface area contributed by atoms with Crippen molar-refractivity contribution in [3.8, 4) is 5.75 Å². The highest BCUT2D eigenvalue weighted by atomic mass is 19.3. The third-order valence-electron chi connectivity index (χ3n) is 2.73. The molecule has 0 amide bonds. The Labute approximate surface area is 98.0 Å². The maximum Gasteiger partial charge on any atom is 0.272 e. The van der Waals surface area contributed by atoms with Crippen molar-refractivity contribution < 1.29 is 17.9 Å². The molecule has 1 aliphatic heterocycles. The highest BCUT2D eigenvalue weighted by Gasteiger charge is 2.18. The van der Waals surface area contributed by atoms with Gasteiger partial charge in [-0.05, 0) is 25.0 Å². The van der Waals surface area contributed by atoms with Gasteiger partial charge in [-0.2, -0.15) is 0 Å². The predicted molar refractivity (Wildman–Crippen MR) is 59.3 cm³/mol. The van der Waals surface area contributed by atoms with Gasteiger partial charge in [-0.15, -0.1) is 0 Å². The summed E-state index contributed by atoms with van der Waals surface area (Å²) in [6.45, 7) is 0.968. The molecule has 1 aromatic rings. The van der Waals surface area contributed by atoms with Crippen LogP contribution < -0.4 is 9.64 Å². The molecule has 0 bridgehead atoms. The topological polar surface area (TPSA) is 12.5 Å². The molecule has 0 saturated carbocycles. The largest absolute Gasteiger partial charge is 0.485 e. The molecule has 0 unspecified atom stereocenters. The maximum atomic E-state index is 13.2. The maximum absolute atomic E-state index is 13.2. The molecule has 1 aliphatic rings. The zero-order valence-electron chi connectivity index (χ0n) is 9.33. The third-order valence-corrected chi connectivity index (χ3v) is 2.73. The van der Waals surface area contributed by atoms with Crippen molar-refractivity contribution in [3.05, 3.63) is 24.0 Å². The molecule has 5 heteroatoms. The van der Waals surface area contributed by atoms with E-state index >= 15 is 0 Å². The molecule has 0 aliphatic carbocycles. The smallest absolute Gasteiger partial charge is 0.272 e. The summed E-state index contributed by atoms with van der Waals surface area (Å²) in [7, 11) is 0. The van der Waals surface area contributed by atoms with Crippen LogP contribution in [0.1, 0.15) is 12.8 Å². The van der Waals surface area contributed by atoms with Crippen LogP contribution in [0, 0.1) is 5.82 Å². The molecule has 1 fully saturated rings. The van der Waals surface area contributed by atoms with Crippen molar-refractivity contribution in [2.45, 2.75) is 19.3 Å². The zero-order valence-corrected chi connectivity index (χ0v) is 9.33. The fourth-order valence-electron chi connectivity index (χ4n) is 1.97. The lowest BCUT2D eigenvalue weighted by atomic mass is 10.2. The lowest BCUT2D eigenvalue weighted by molar-refractivity contribution is 0.0821. The molecular formula is C12H14F3NO. The van der Waals surface area contributed by atoms with E-state index < -0.39 is 13.0 Å². The minimum atomic E-state index is -2.52. The van der Waals surface area contributed by atoms with Crippen molar-refractivity contribution in [1.82, 2.24) is 0 Å². The normalized spacial score (nSPS) is 15.6. The van der Waals surface area contributed by atoms with E-state index in [1.807, 2.05) is 4.90 Å². The van der Waals surface area contributed by atoms with Gasteiger partial charge in [0.1, 0.15) is 18.2 Å². The molecule has 2 nitrogen and oxygen atoms in total. The lowest BCUT2D eigenvalue weighted by Crippen LogP contribution is -2.19. The molecule has 0 spiro atoms. The van der Waals surface area contributed by atoms with Crippen LogP contribution >= 0.6 is 0 Å². The van der Waals surface area contributed by atoms with Gasteiger partial charge in [0.15, 0.2) is 0 Å². The molecule has 2 rings (SSSR count). The molecular weight excluding hydrogens is 231 g/mol. The zero-order chi connectivity index (χ0) is 12.3. The van der Waals surface area contributed by atoms with Crippen LogP contribution in [0.4, 0.5) is 18.9 Å². The summed E-state index contributed by atoms with van der Waals surface area (Å²) in [5.74, 6) is -0.0510. The first-order valence-corrected chi connectivity index (χ1v) is 5.62. The van der Waals surface area contributed by atoms with Gasteiger partial charge in [0.05, 0.1) is 5.69 Å². The molecule has 0 radical (unpaired) electrons. The summed E-state index contributed by atoms with van der Waals surface area (Å²) < 4.78 is 42.4. The Bertz CT molecular complexity index is 378. The van der Waals surface area contributed by atoms with E-state index in [1.165, 1.54) is 18.2 Å². The van der Waals surface area contributed by atoms with Crippen molar-refractivity contribution in [2.24, 2.45) is 0 Å². The van der Waals surface area contributed by atoms with E-state index in [-0.39, 0.29) is 5.82 Å². The summed E-state index contributed by atoms with van der Waals surface area (Å²) in [6.07, 6.45) is -0.457. The van der Waals surface area contributed by atoms with Gasteiger partial charge in [-0.25, -0.2) is 13.2 Å². The van der Waals surface area contributed by atoms with E-state index in [2.05, 4.69) is 0 Å². The number of anilines is 1. The van der Waals surface area contributed by atoms with Gasteiger partial charge in [-0.1, -0.05) is 0 Å². The van der Waals surface area contributed by atoms with E-state index in [9.17, 15) is 13.2 Å². The second-order valence-corrected chi connectivity index (χ2v) is 4.01. The average molecular weight is 245 g/mol. The molecule has 1 saturated heterocycles. The first-order valence-electron chi connectivity index (χ1n) is 5.62. The summed E-state index contributed by atoms with van der Waals surface area (Å²) in [4.78, 5) is 1.96. The number of nitrogens with zero attached hydrogens (tertiary/aromatic N) is 1. The molecule has 1 aromatic carbocycles. The fraction of sp³-hybridized carbons (Fsp3) is 0.500. The molecule has 0 atom stereocenters. The van der Waals surface area contributed by atoms with Crippen molar-refractivity contribution in [1.29, 1.82) is 0 Å². The van der Waals surface area contributed by atoms with Gasteiger partial charge in [0, 0.05) is 19.2 Å². The van der Waals surface area contributed by atoms with Crippen molar-refractivity contribution >= 4 is 5.69 Å². The molecule has 94 valence electrons. The summed E-state index contributed by atoms with van der Waals surface area (Å²) in [5.41, 5.74) is 0.572. The molecule has 0 N–H and O–H groups in total. The van der Waals surface area contributed by atoms with Crippen LogP contribution in [-0.4, -0.2) is 26.1 Å². The van der Waals surface area contributed by atoms with Crippen LogP contribution in [0.15, 0.2) is 18.2 Å². The number of ether oxygens (including phenoxy) is 1. The Kier molecular flexibility index (Phi) is 3.76. The van der Waals surface area contributed by atoms with Crippen LogP contribution in [0.5, 0.6) is 5.75 Å². The van der Waals surface area contributed by atoms with E-state index in [0.717, 1.165) is 25.9 Å². The standard InChI is InChI=1S/C12H14F3NO/c13-9-3-4-11(17-8-12(14)15)10(7-9)16-5-1-2-6-16/h3-4,7,12H,1-2,5-6,8H2. The number of alkyl halides is 2. The minimum Gasteiger partial charge on any atom is -0.485 e. The first kappa shape index (κ1) is 12.1. The number of rotatable bonds is 4. The summed E-state index contributed by atoms with van der Waals surface area (Å²) in [5, 5.41) is 0. The number of hydrogen-bond donors (Lipinski definition) is 0. The Morgan fingerprint density at radius 3 is 2.59 bits per heavy atom. The highest BCUT2D eigenvalue weighted by molar-refractivity contribution is 5.59. The van der Waals surface area contributed by atoms with Crippen molar-refractivity contribution in [2.75, 3.05) is 24.6 Å². The van der Waals surface area contributed by atoms with Crippen LogP contribution in [0.2, 0.25) is 0 Å². The second kappa shape index (κ2) is 5.29. The average Bonchev–Trinajstić information content (AvgIpc) is 2.80. The van der Waals surface area contributed by atoms with Crippen molar-refractivity contribution in [3.63, 3.8) is 0 Å². The van der Waals surface area contributed by atoms with Gasteiger partial charge in [-0.3, -0.25) is 0 Å². The van der Waals surface area contributed by atoms with Gasteiger partial charge < -0.3 is 9.64 Å². The monoisotopic (exact) mass is 245 g/mol. The lowest BCUT2D eigenvalue weighted by Gasteiger charge is -2.21. The van der Waals surface area contributed by atoms with Crippen LogP contribution in [0.3, 0.4) is 0 Å². The SMILES string of the molecule is Fc1ccc(OCC(F)F)c(N2CCCC2)c1. The van der Waals surface area contributed by atoms with E-state index in [0.29, 0.717) is 11.4 Å².